The van der Waals surface area contributed by atoms with Gasteiger partial charge in [-0.3, -0.25) is 9.69 Å². The van der Waals surface area contributed by atoms with Crippen LogP contribution in [0.4, 0.5) is 11.6 Å². The predicted octanol–water partition coefficient (Wildman–Crippen LogP) is 6.03. The monoisotopic (exact) mass is 496 g/mol. The third-order valence-electron chi connectivity index (χ3n) is 6.06. The van der Waals surface area contributed by atoms with Gasteiger partial charge in [-0.2, -0.15) is 0 Å². The zero-order valence-electron chi connectivity index (χ0n) is 21.9. The molecule has 7 nitrogen and oxygen atoms in total. The summed E-state index contributed by atoms with van der Waals surface area (Å²) in [7, 11) is 3.92. The van der Waals surface area contributed by atoms with Crippen LogP contribution in [0, 0.1) is 5.41 Å². The van der Waals surface area contributed by atoms with Gasteiger partial charge in [0.05, 0.1) is 12.1 Å². The van der Waals surface area contributed by atoms with Gasteiger partial charge in [0.2, 0.25) is 5.91 Å². The Bertz CT molecular complexity index is 1420. The number of carboxylic acids is 1. The zero-order chi connectivity index (χ0) is 26.7. The van der Waals surface area contributed by atoms with E-state index >= 15 is 0 Å². The quantitative estimate of drug-likeness (QED) is 0.336. The van der Waals surface area contributed by atoms with Crippen molar-refractivity contribution < 1.29 is 14.7 Å². The smallest absolute Gasteiger partial charge is 0.335 e. The highest BCUT2D eigenvalue weighted by atomic mass is 16.4. The summed E-state index contributed by atoms with van der Waals surface area (Å²) in [5, 5.41) is 10.8. The minimum Gasteiger partial charge on any atom is -0.478 e. The topological polar surface area (TPSA) is 86.6 Å². The van der Waals surface area contributed by atoms with Gasteiger partial charge in [-0.15, -0.1) is 0 Å². The molecular weight excluding hydrogens is 464 g/mol. The number of carboxylic acid groups (broad SMARTS) is 1. The summed E-state index contributed by atoms with van der Waals surface area (Å²) in [5.74, 6) is 0.387. The van der Waals surface area contributed by atoms with E-state index in [0.717, 1.165) is 33.3 Å². The SMILES string of the molecule is CN(C)c1ccc(-c2ccc(CN(C(=O)CC(C)(C)C)c3nccc4cc(C(=O)O)ccc34)cc2)cn1. The number of amides is 1. The molecule has 1 amide bonds. The number of anilines is 2. The molecule has 0 atom stereocenters. The van der Waals surface area contributed by atoms with Gasteiger partial charge in [-0.05, 0) is 58.3 Å². The van der Waals surface area contributed by atoms with Crippen LogP contribution in [0.25, 0.3) is 21.9 Å². The van der Waals surface area contributed by atoms with Gasteiger partial charge in [-0.1, -0.05) is 45.0 Å². The second kappa shape index (κ2) is 10.4. The molecule has 0 spiro atoms. The van der Waals surface area contributed by atoms with Crippen LogP contribution >= 0.6 is 0 Å². The Morgan fingerprint density at radius 3 is 2.19 bits per heavy atom. The number of fused-ring (bicyclic) bond motifs is 1. The summed E-state index contributed by atoms with van der Waals surface area (Å²) >= 11 is 0. The maximum atomic E-state index is 13.5. The number of nitrogens with zero attached hydrogens (tertiary/aromatic N) is 4. The van der Waals surface area contributed by atoms with Crippen LogP contribution in [0.3, 0.4) is 0 Å². The van der Waals surface area contributed by atoms with E-state index in [-0.39, 0.29) is 16.9 Å². The zero-order valence-corrected chi connectivity index (χ0v) is 21.9. The van der Waals surface area contributed by atoms with E-state index in [1.54, 1.807) is 35.4 Å². The standard InChI is InChI=1S/C30H32N4O3/c1-30(2,3)17-27(35)34(28-25-12-10-23(29(36)37)16-22(25)14-15-31-28)19-20-6-8-21(9-7-20)24-11-13-26(32-18-24)33(4)5/h6-16,18H,17,19H2,1-5H3,(H,36,37). The first-order valence-corrected chi connectivity index (χ1v) is 12.2. The molecule has 190 valence electrons. The first-order chi connectivity index (χ1) is 17.5. The number of rotatable bonds is 7. The summed E-state index contributed by atoms with van der Waals surface area (Å²) in [6.45, 7) is 6.44. The fraction of sp³-hybridized carbons (Fsp3) is 0.267. The molecule has 0 fully saturated rings. The third kappa shape index (κ3) is 6.12. The van der Waals surface area contributed by atoms with Crippen molar-refractivity contribution in [2.75, 3.05) is 23.9 Å². The van der Waals surface area contributed by atoms with Gasteiger partial charge in [0.1, 0.15) is 11.6 Å². The first kappa shape index (κ1) is 25.8. The molecule has 0 radical (unpaired) electrons. The molecule has 2 heterocycles. The van der Waals surface area contributed by atoms with Crippen LogP contribution < -0.4 is 9.80 Å². The third-order valence-corrected chi connectivity index (χ3v) is 6.06. The average Bonchev–Trinajstić information content (AvgIpc) is 2.86. The van der Waals surface area contributed by atoms with Crippen LogP contribution in [-0.2, 0) is 11.3 Å². The molecule has 2 aromatic heterocycles. The van der Waals surface area contributed by atoms with Crippen molar-refractivity contribution in [3.8, 4) is 11.1 Å². The largest absolute Gasteiger partial charge is 0.478 e. The number of carbonyl (C=O) groups is 2. The first-order valence-electron chi connectivity index (χ1n) is 12.2. The van der Waals surface area contributed by atoms with Gasteiger partial charge >= 0.3 is 5.97 Å². The second-order valence-corrected chi connectivity index (χ2v) is 10.6. The summed E-state index contributed by atoms with van der Waals surface area (Å²) in [5.41, 5.74) is 3.01. The van der Waals surface area contributed by atoms with Crippen LogP contribution in [-0.4, -0.2) is 41.0 Å². The van der Waals surface area contributed by atoms with Gasteiger partial charge in [0, 0.05) is 43.9 Å². The molecular formula is C30H32N4O3. The molecule has 0 aliphatic rings. The van der Waals surface area contributed by atoms with Gasteiger partial charge in [0.15, 0.2) is 0 Å². The van der Waals surface area contributed by atoms with E-state index in [1.165, 1.54) is 0 Å². The molecule has 0 unspecified atom stereocenters. The van der Waals surface area contributed by atoms with Crippen molar-refractivity contribution in [3.63, 3.8) is 0 Å². The molecule has 4 aromatic rings. The minimum absolute atomic E-state index is 0.0395. The number of pyridine rings is 2. The van der Waals surface area contributed by atoms with Crippen molar-refractivity contribution in [1.29, 1.82) is 0 Å². The number of aromatic carboxylic acids is 1. The van der Waals surface area contributed by atoms with Gasteiger partial charge in [-0.25, -0.2) is 14.8 Å². The van der Waals surface area contributed by atoms with Crippen molar-refractivity contribution in [3.05, 3.63) is 84.2 Å². The molecule has 1 N–H and O–H groups in total. The normalized spacial score (nSPS) is 11.4. The lowest BCUT2D eigenvalue weighted by Crippen LogP contribution is -2.34. The fourth-order valence-electron chi connectivity index (χ4n) is 4.15. The Morgan fingerprint density at radius 2 is 1.59 bits per heavy atom. The summed E-state index contributed by atoms with van der Waals surface area (Å²) in [4.78, 5) is 37.7. The average molecular weight is 497 g/mol. The molecule has 2 aromatic carbocycles. The number of hydrogen-bond donors (Lipinski definition) is 1. The maximum absolute atomic E-state index is 13.5. The number of benzene rings is 2. The highest BCUT2D eigenvalue weighted by Crippen LogP contribution is 2.30. The molecule has 37 heavy (non-hydrogen) atoms. The lowest BCUT2D eigenvalue weighted by molar-refractivity contribution is -0.120. The molecule has 0 saturated heterocycles. The molecule has 7 heteroatoms. The van der Waals surface area contributed by atoms with E-state index in [9.17, 15) is 14.7 Å². The second-order valence-electron chi connectivity index (χ2n) is 10.6. The Kier molecular flexibility index (Phi) is 7.25. The molecule has 0 saturated carbocycles. The van der Waals surface area contributed by atoms with Crippen molar-refractivity contribution in [2.45, 2.75) is 33.7 Å². The lowest BCUT2D eigenvalue weighted by atomic mass is 9.91. The highest BCUT2D eigenvalue weighted by Gasteiger charge is 2.25. The van der Waals surface area contributed by atoms with Crippen molar-refractivity contribution >= 4 is 34.3 Å². The molecule has 0 aliphatic heterocycles. The number of hydrogen-bond acceptors (Lipinski definition) is 5. The van der Waals surface area contributed by atoms with Crippen LogP contribution in [0.2, 0.25) is 0 Å². The molecule has 0 aliphatic carbocycles. The highest BCUT2D eigenvalue weighted by molar-refractivity contribution is 6.04. The Labute approximate surface area is 217 Å². The van der Waals surface area contributed by atoms with E-state index < -0.39 is 5.97 Å². The van der Waals surface area contributed by atoms with E-state index in [2.05, 4.69) is 9.97 Å². The summed E-state index contributed by atoms with van der Waals surface area (Å²) in [6, 6.07) is 18.8. The Balaban J connectivity index is 1.68. The molecule has 0 bridgehead atoms. The van der Waals surface area contributed by atoms with Crippen molar-refractivity contribution in [2.24, 2.45) is 5.41 Å². The summed E-state index contributed by atoms with van der Waals surface area (Å²) in [6.07, 6.45) is 3.82. The van der Waals surface area contributed by atoms with Crippen LogP contribution in [0.5, 0.6) is 0 Å². The van der Waals surface area contributed by atoms with Crippen LogP contribution in [0.15, 0.2) is 73.1 Å². The summed E-state index contributed by atoms with van der Waals surface area (Å²) < 4.78 is 0. The number of aromatic nitrogens is 2. The van der Waals surface area contributed by atoms with E-state index in [4.69, 9.17) is 0 Å². The Morgan fingerprint density at radius 1 is 0.892 bits per heavy atom. The Hall–Kier alpha value is -4.26. The van der Waals surface area contributed by atoms with Gasteiger partial charge < -0.3 is 10.0 Å². The van der Waals surface area contributed by atoms with Crippen molar-refractivity contribution in [1.82, 2.24) is 9.97 Å². The predicted molar refractivity (Wildman–Crippen MR) is 148 cm³/mol. The number of carbonyl (C=O) groups excluding carboxylic acids is 1. The lowest BCUT2D eigenvalue weighted by Gasteiger charge is -2.27. The molecule has 4 rings (SSSR count). The van der Waals surface area contributed by atoms with Crippen LogP contribution in [0.1, 0.15) is 43.1 Å². The fourth-order valence-corrected chi connectivity index (χ4v) is 4.15. The van der Waals surface area contributed by atoms with E-state index in [0.29, 0.717) is 18.8 Å². The van der Waals surface area contributed by atoms with Gasteiger partial charge in [0.25, 0.3) is 0 Å². The maximum Gasteiger partial charge on any atom is 0.335 e. The minimum atomic E-state index is -0.993. The van der Waals surface area contributed by atoms with E-state index in [1.807, 2.05) is 82.4 Å².